The molecule has 1 nitrogen and oxygen atoms in total. The Hall–Kier alpha value is 3.78. The minimum atomic E-state index is 0. The van der Waals surface area contributed by atoms with Crippen LogP contribution in [0.2, 0.25) is 0 Å². The Kier molecular flexibility index (Phi) is 186. The summed E-state index contributed by atoms with van der Waals surface area (Å²) in [4.78, 5) is 0. The molecule has 0 saturated heterocycles. The van der Waals surface area contributed by atoms with Crippen molar-refractivity contribution in [3.63, 3.8) is 0 Å². The van der Waals surface area contributed by atoms with Gasteiger partial charge in [-0.2, -0.15) is 0 Å². The quantitative estimate of drug-likeness (QED) is 0.414. The van der Waals surface area contributed by atoms with Crippen LogP contribution in [0.4, 0.5) is 0 Å². The molecule has 0 heterocycles. The molecule has 3 radical (unpaired) electrons. The topological polar surface area (TPSA) is 31.5 Å². The molecule has 0 aromatic carbocycles. The second-order valence-electron chi connectivity index (χ2n) is 0. The molecule has 0 atom stereocenters. The van der Waals surface area contributed by atoms with Gasteiger partial charge in [-0.1, -0.05) is 0 Å². The van der Waals surface area contributed by atoms with Crippen LogP contribution in [0.1, 0.15) is 0 Å². The van der Waals surface area contributed by atoms with Crippen molar-refractivity contribution < 1.29 is 89.7 Å². The van der Waals surface area contributed by atoms with Crippen molar-refractivity contribution in [1.82, 2.24) is 0 Å². The predicted molar refractivity (Wildman–Crippen MR) is 9.37 cm³/mol. The third-order valence-electron chi connectivity index (χ3n) is 0. The van der Waals surface area contributed by atoms with Gasteiger partial charge in [0.25, 0.3) is 0 Å². The Bertz CT molecular complexity index is 11.6. The van der Waals surface area contributed by atoms with E-state index in [1.807, 2.05) is 0 Å². The fraction of sp³-hybridized carbons (Fsp3) is 0. The zero-order chi connectivity index (χ0) is 0. The fourth-order valence-corrected chi connectivity index (χ4v) is 0. The van der Waals surface area contributed by atoms with Crippen molar-refractivity contribution in [2.45, 2.75) is 0 Å². The molecular formula is H2LaNaOTaZr. The molecule has 0 rings (SSSR count). The normalized spacial score (nSPS) is 0. The van der Waals surface area contributed by atoms with Crippen molar-refractivity contribution >= 4 is 29.6 Å². The van der Waals surface area contributed by atoms with Crippen molar-refractivity contribution in [2.24, 2.45) is 0 Å². The van der Waals surface area contributed by atoms with Gasteiger partial charge in [-0.25, -0.2) is 0 Å². The average molecular weight is 452 g/mol. The second kappa shape index (κ2) is 25.0. The van der Waals surface area contributed by atoms with Crippen molar-refractivity contribution in [2.75, 3.05) is 0 Å². The molecule has 0 saturated carbocycles. The molecule has 21 valence electrons. The molecule has 0 aromatic rings. The van der Waals surface area contributed by atoms with Gasteiger partial charge >= 0.3 is 0 Å². The van der Waals surface area contributed by atoms with Gasteiger partial charge in [0.15, 0.2) is 0 Å². The second-order valence-corrected chi connectivity index (χ2v) is 0. The SMILES string of the molecule is O.[La].[Na].[Ta].[Zr]. The summed E-state index contributed by atoms with van der Waals surface area (Å²) < 4.78 is 0. The molecular weight excluding hydrogens is 450 g/mol. The monoisotopic (exact) mass is 451 g/mol. The van der Waals surface area contributed by atoms with E-state index in [9.17, 15) is 0 Å². The predicted octanol–water partition coefficient (Wildman–Crippen LogP) is -1.21. The third kappa shape index (κ3) is 18.2. The van der Waals surface area contributed by atoms with E-state index in [2.05, 4.69) is 0 Å². The van der Waals surface area contributed by atoms with E-state index in [4.69, 9.17) is 0 Å². The van der Waals surface area contributed by atoms with Crippen LogP contribution in [0.15, 0.2) is 0 Å². The van der Waals surface area contributed by atoms with Crippen molar-refractivity contribution in [3.8, 4) is 0 Å². The maximum Gasteiger partial charge on any atom is 0 e. The Morgan fingerprint density at radius 2 is 1.00 bits per heavy atom. The van der Waals surface area contributed by atoms with Crippen LogP contribution in [-0.2, 0) is 48.6 Å². The summed E-state index contributed by atoms with van der Waals surface area (Å²) in [7, 11) is 0. The van der Waals surface area contributed by atoms with Crippen LogP contribution in [-0.4, -0.2) is 35.0 Å². The van der Waals surface area contributed by atoms with Crippen LogP contribution >= 0.6 is 0 Å². The third-order valence-corrected chi connectivity index (χ3v) is 0. The molecule has 0 fully saturated rings. The van der Waals surface area contributed by atoms with E-state index >= 15 is 0 Å². The molecule has 2 N–H and O–H groups in total. The Labute approximate surface area is 116 Å². The smallest absolute Gasteiger partial charge is 0 e. The van der Waals surface area contributed by atoms with Gasteiger partial charge < -0.3 is 5.48 Å². The van der Waals surface area contributed by atoms with E-state index in [0.29, 0.717) is 0 Å². The molecule has 0 aliphatic carbocycles. The van der Waals surface area contributed by atoms with Crippen LogP contribution in [0, 0.1) is 35.6 Å². The summed E-state index contributed by atoms with van der Waals surface area (Å²) in [6.07, 6.45) is 0. The molecule has 5 heavy (non-hydrogen) atoms. The molecule has 5 heteroatoms. The maximum absolute atomic E-state index is 0. The zero-order valence-electron chi connectivity index (χ0n) is 3.02. The Balaban J connectivity index is 0. The summed E-state index contributed by atoms with van der Waals surface area (Å²) >= 11 is 0. The van der Waals surface area contributed by atoms with Crippen LogP contribution in [0.3, 0.4) is 0 Å². The van der Waals surface area contributed by atoms with Gasteiger partial charge in [-0.15, -0.1) is 0 Å². The molecule has 0 amide bonds. The minimum absolute atomic E-state index is 0. The molecule has 0 unspecified atom stereocenters. The molecule has 0 aliphatic rings. The first-order valence-electron chi connectivity index (χ1n) is 0. The standard InChI is InChI=1S/La.Na.H2O.Ta.Zr/h;;1H2;;. The minimum Gasteiger partial charge on any atom is -0.412 e. The van der Waals surface area contributed by atoms with Crippen LogP contribution < -0.4 is 0 Å². The average Bonchev–Trinajstić information content (AvgIpc) is 0. The fourth-order valence-electron chi connectivity index (χ4n) is 0. The van der Waals surface area contributed by atoms with Crippen LogP contribution in [0.5, 0.6) is 0 Å². The Morgan fingerprint density at radius 1 is 1.00 bits per heavy atom. The first kappa shape index (κ1) is 37.2. The number of hydrogen-bond acceptors (Lipinski definition) is 0. The Morgan fingerprint density at radius 3 is 1.00 bits per heavy atom. The van der Waals surface area contributed by atoms with Gasteiger partial charge in [0.05, 0.1) is 0 Å². The summed E-state index contributed by atoms with van der Waals surface area (Å²) in [5.74, 6) is 0. The van der Waals surface area contributed by atoms with E-state index in [1.165, 1.54) is 0 Å². The van der Waals surface area contributed by atoms with Gasteiger partial charge in [-0.3, -0.25) is 0 Å². The van der Waals surface area contributed by atoms with E-state index < -0.39 is 0 Å². The maximum atomic E-state index is 0. The van der Waals surface area contributed by atoms with Crippen molar-refractivity contribution in [3.05, 3.63) is 0 Å². The van der Waals surface area contributed by atoms with Gasteiger partial charge in [-0.05, 0) is 0 Å². The van der Waals surface area contributed by atoms with E-state index in [0.717, 1.165) is 0 Å². The first-order chi connectivity index (χ1) is 0. The van der Waals surface area contributed by atoms with Gasteiger partial charge in [0, 0.05) is 114 Å². The molecule has 0 aromatic heterocycles. The van der Waals surface area contributed by atoms with E-state index in [-0.39, 0.29) is 119 Å². The molecule has 0 spiro atoms. The summed E-state index contributed by atoms with van der Waals surface area (Å²) in [6.45, 7) is 0. The molecule has 0 aliphatic heterocycles. The van der Waals surface area contributed by atoms with Gasteiger partial charge in [0.1, 0.15) is 0 Å². The zero-order valence-corrected chi connectivity index (χ0v) is 14.3. The van der Waals surface area contributed by atoms with Crippen LogP contribution in [0.25, 0.3) is 0 Å². The summed E-state index contributed by atoms with van der Waals surface area (Å²) in [5.41, 5.74) is 0. The first-order valence-corrected chi connectivity index (χ1v) is 0. The largest absolute Gasteiger partial charge is 0.412 e. The van der Waals surface area contributed by atoms with Gasteiger partial charge in [0.2, 0.25) is 0 Å². The van der Waals surface area contributed by atoms with E-state index in [1.54, 1.807) is 0 Å². The summed E-state index contributed by atoms with van der Waals surface area (Å²) in [6, 6.07) is 0. The summed E-state index contributed by atoms with van der Waals surface area (Å²) in [5, 5.41) is 0. The number of hydrogen-bond donors (Lipinski definition) is 0. The molecule has 0 bridgehead atoms. The number of rotatable bonds is 0. The van der Waals surface area contributed by atoms with Crippen molar-refractivity contribution in [1.29, 1.82) is 0 Å².